The van der Waals surface area contributed by atoms with E-state index < -0.39 is 0 Å². The third-order valence-corrected chi connectivity index (χ3v) is 2.60. The van der Waals surface area contributed by atoms with Gasteiger partial charge in [0.15, 0.2) is 12.5 Å². The van der Waals surface area contributed by atoms with Crippen LogP contribution in [0.15, 0.2) is 33.4 Å². The minimum Gasteiger partial charge on any atom is -0.239 e. The van der Waals surface area contributed by atoms with Crippen molar-refractivity contribution in [2.24, 2.45) is 15.2 Å². The number of benzene rings is 1. The molecule has 78 valence electrons. The van der Waals surface area contributed by atoms with Crippen LogP contribution in [0, 0.1) is 6.92 Å². The van der Waals surface area contributed by atoms with E-state index in [0.29, 0.717) is 12.6 Å². The smallest absolute Gasteiger partial charge is 0.178 e. The van der Waals surface area contributed by atoms with E-state index in [-0.39, 0.29) is 0 Å². The third kappa shape index (κ3) is 1.96. The topological polar surface area (TPSA) is 37.1 Å². The minimum atomic E-state index is 0.473. The monoisotopic (exact) mass is 201 g/mol. The Hall–Kier alpha value is -1.51. The van der Waals surface area contributed by atoms with Gasteiger partial charge in [-0.15, -0.1) is 5.11 Å². The van der Waals surface area contributed by atoms with Crippen LogP contribution in [0.25, 0.3) is 0 Å². The van der Waals surface area contributed by atoms with Crippen LogP contribution >= 0.6 is 0 Å². The lowest BCUT2D eigenvalue weighted by Crippen LogP contribution is -1.98. The molecule has 0 saturated carbocycles. The molecular formula is C12H15N3. The van der Waals surface area contributed by atoms with E-state index in [0.717, 1.165) is 11.4 Å². The Labute approximate surface area is 90.0 Å². The fourth-order valence-electron chi connectivity index (χ4n) is 1.84. The summed E-state index contributed by atoms with van der Waals surface area (Å²) in [6.45, 7) is 7.01. The van der Waals surface area contributed by atoms with E-state index in [4.69, 9.17) is 0 Å². The standard InChI is InChI=1S/C12H15N3/c1-8(2)11-5-4-10(6-9(11)3)12-13-7-14-15-12/h4-6,8H,7H2,1-3H3. The molecule has 0 radical (unpaired) electrons. The lowest BCUT2D eigenvalue weighted by molar-refractivity contribution is 0.856. The molecule has 1 heterocycles. The molecular weight excluding hydrogens is 186 g/mol. The zero-order chi connectivity index (χ0) is 10.8. The Kier molecular flexibility index (Phi) is 2.62. The highest BCUT2D eigenvalue weighted by Crippen LogP contribution is 2.21. The third-order valence-electron chi connectivity index (χ3n) is 2.60. The summed E-state index contributed by atoms with van der Waals surface area (Å²) in [7, 11) is 0. The van der Waals surface area contributed by atoms with Gasteiger partial charge in [0.25, 0.3) is 0 Å². The molecule has 0 aliphatic carbocycles. The molecule has 0 N–H and O–H groups in total. The van der Waals surface area contributed by atoms with E-state index in [1.54, 1.807) is 0 Å². The maximum Gasteiger partial charge on any atom is 0.178 e. The van der Waals surface area contributed by atoms with Gasteiger partial charge in [-0.25, -0.2) is 4.99 Å². The van der Waals surface area contributed by atoms with E-state index in [2.05, 4.69) is 54.2 Å². The molecule has 2 rings (SSSR count). The van der Waals surface area contributed by atoms with Crippen molar-refractivity contribution in [1.29, 1.82) is 0 Å². The first-order valence-electron chi connectivity index (χ1n) is 5.21. The summed E-state index contributed by atoms with van der Waals surface area (Å²) in [4.78, 5) is 4.20. The molecule has 0 unspecified atom stereocenters. The number of rotatable bonds is 2. The summed E-state index contributed by atoms with van der Waals surface area (Å²) < 4.78 is 0. The molecule has 1 aromatic carbocycles. The quantitative estimate of drug-likeness (QED) is 0.704. The van der Waals surface area contributed by atoms with Crippen molar-refractivity contribution in [3.05, 3.63) is 34.9 Å². The van der Waals surface area contributed by atoms with Crippen molar-refractivity contribution >= 4 is 5.84 Å². The SMILES string of the molecule is Cc1cc(C2=NCN=N2)ccc1C(C)C. The predicted octanol–water partition coefficient (Wildman–Crippen LogP) is 3.29. The normalized spacial score (nSPS) is 14.8. The largest absolute Gasteiger partial charge is 0.239 e. The molecule has 3 heteroatoms. The second-order valence-corrected chi connectivity index (χ2v) is 4.09. The molecule has 3 nitrogen and oxygen atoms in total. The van der Waals surface area contributed by atoms with Gasteiger partial charge in [0.1, 0.15) is 0 Å². The van der Waals surface area contributed by atoms with Crippen molar-refractivity contribution in [2.45, 2.75) is 26.7 Å². The van der Waals surface area contributed by atoms with Crippen LogP contribution in [-0.2, 0) is 0 Å². The van der Waals surface area contributed by atoms with Gasteiger partial charge in [-0.1, -0.05) is 26.0 Å². The van der Waals surface area contributed by atoms with E-state index >= 15 is 0 Å². The molecule has 1 aliphatic rings. The van der Waals surface area contributed by atoms with Crippen molar-refractivity contribution in [2.75, 3.05) is 6.67 Å². The van der Waals surface area contributed by atoms with Crippen LogP contribution in [0.1, 0.15) is 36.5 Å². The summed E-state index contributed by atoms with van der Waals surface area (Å²) in [5.74, 6) is 1.32. The Morgan fingerprint density at radius 2 is 2.07 bits per heavy atom. The zero-order valence-electron chi connectivity index (χ0n) is 9.36. The number of amidine groups is 1. The van der Waals surface area contributed by atoms with Gasteiger partial charge in [-0.2, -0.15) is 5.11 Å². The molecule has 0 bridgehead atoms. The summed E-state index contributed by atoms with van der Waals surface area (Å²) in [6, 6.07) is 6.37. The van der Waals surface area contributed by atoms with E-state index in [1.165, 1.54) is 11.1 Å². The van der Waals surface area contributed by atoms with Crippen LogP contribution in [0.4, 0.5) is 0 Å². The van der Waals surface area contributed by atoms with Gasteiger partial charge in [-0.05, 0) is 30.0 Å². The zero-order valence-corrected chi connectivity index (χ0v) is 9.36. The van der Waals surface area contributed by atoms with E-state index in [1.807, 2.05) is 0 Å². The molecule has 0 amide bonds. The highest BCUT2D eigenvalue weighted by Gasteiger charge is 2.09. The van der Waals surface area contributed by atoms with Crippen LogP contribution < -0.4 is 0 Å². The van der Waals surface area contributed by atoms with Crippen LogP contribution in [0.3, 0.4) is 0 Å². The summed E-state index contributed by atoms with van der Waals surface area (Å²) >= 11 is 0. The average Bonchev–Trinajstić information content (AvgIpc) is 2.69. The maximum atomic E-state index is 4.20. The second kappa shape index (κ2) is 3.93. The summed E-state index contributed by atoms with van der Waals surface area (Å²) in [6.07, 6.45) is 0. The van der Waals surface area contributed by atoms with Crippen molar-refractivity contribution < 1.29 is 0 Å². The van der Waals surface area contributed by atoms with Crippen molar-refractivity contribution in [1.82, 2.24) is 0 Å². The second-order valence-electron chi connectivity index (χ2n) is 4.09. The Morgan fingerprint density at radius 3 is 2.60 bits per heavy atom. The Morgan fingerprint density at radius 1 is 1.27 bits per heavy atom. The molecule has 1 aliphatic heterocycles. The summed E-state index contributed by atoms with van der Waals surface area (Å²) in [5.41, 5.74) is 3.75. The fraction of sp³-hybridized carbons (Fsp3) is 0.417. The van der Waals surface area contributed by atoms with Gasteiger partial charge < -0.3 is 0 Å². The van der Waals surface area contributed by atoms with Gasteiger partial charge in [0.05, 0.1) is 0 Å². The number of nitrogens with zero attached hydrogens (tertiary/aromatic N) is 3. The van der Waals surface area contributed by atoms with Gasteiger partial charge in [-0.3, -0.25) is 0 Å². The lowest BCUT2D eigenvalue weighted by Gasteiger charge is -2.10. The lowest BCUT2D eigenvalue weighted by atomic mass is 9.96. The molecule has 15 heavy (non-hydrogen) atoms. The number of azo groups is 1. The number of aliphatic imine (C=N–C) groups is 1. The average molecular weight is 201 g/mol. The van der Waals surface area contributed by atoms with Gasteiger partial charge >= 0.3 is 0 Å². The minimum absolute atomic E-state index is 0.473. The van der Waals surface area contributed by atoms with E-state index in [9.17, 15) is 0 Å². The molecule has 0 aromatic heterocycles. The Bertz CT molecular complexity index is 430. The number of hydrogen-bond donors (Lipinski definition) is 0. The molecule has 0 atom stereocenters. The first kappa shape index (κ1) is 10.0. The highest BCUT2D eigenvalue weighted by atomic mass is 15.2. The number of aryl methyl sites for hydroxylation is 1. The molecule has 0 fully saturated rings. The van der Waals surface area contributed by atoms with Crippen molar-refractivity contribution in [3.8, 4) is 0 Å². The highest BCUT2D eigenvalue weighted by molar-refractivity contribution is 5.99. The van der Waals surface area contributed by atoms with Gasteiger partial charge in [0, 0.05) is 5.56 Å². The van der Waals surface area contributed by atoms with Crippen LogP contribution in [0.2, 0.25) is 0 Å². The molecule has 0 spiro atoms. The summed E-state index contributed by atoms with van der Waals surface area (Å²) in [5, 5.41) is 7.85. The van der Waals surface area contributed by atoms with Gasteiger partial charge in [0.2, 0.25) is 0 Å². The van der Waals surface area contributed by atoms with Crippen molar-refractivity contribution in [3.63, 3.8) is 0 Å². The Balaban J connectivity index is 2.37. The fourth-order valence-corrected chi connectivity index (χ4v) is 1.84. The van der Waals surface area contributed by atoms with Crippen LogP contribution in [0.5, 0.6) is 0 Å². The molecule has 0 saturated heterocycles. The van der Waals surface area contributed by atoms with Crippen LogP contribution in [-0.4, -0.2) is 12.5 Å². The number of hydrogen-bond acceptors (Lipinski definition) is 3. The maximum absolute atomic E-state index is 4.20. The molecule has 1 aromatic rings. The first-order valence-corrected chi connectivity index (χ1v) is 5.21. The predicted molar refractivity (Wildman–Crippen MR) is 61.5 cm³/mol. The first-order chi connectivity index (χ1) is 7.18.